The molecule has 1 fully saturated rings. The molecule has 0 unspecified atom stereocenters. The maximum absolute atomic E-state index is 14.0. The summed E-state index contributed by atoms with van der Waals surface area (Å²) in [5.41, 5.74) is 0.788. The zero-order valence-corrected chi connectivity index (χ0v) is 13.2. The molecule has 0 aromatic heterocycles. The Labute approximate surface area is 127 Å². The number of hydrogen-bond acceptors (Lipinski definition) is 1. The molecule has 0 aliphatic heterocycles. The molecule has 118 valence electrons. The third-order valence-corrected chi connectivity index (χ3v) is 4.55. The van der Waals surface area contributed by atoms with Crippen LogP contribution >= 0.6 is 0 Å². The predicted molar refractivity (Wildman–Crippen MR) is 83.3 cm³/mol. The smallest absolute Gasteiger partial charge is 0.129 e. The van der Waals surface area contributed by atoms with Crippen LogP contribution in [0.25, 0.3) is 0 Å². The predicted octanol–water partition coefficient (Wildman–Crippen LogP) is 4.70. The normalized spacial score (nSPS) is 18.1. The van der Waals surface area contributed by atoms with Crippen LogP contribution in [0, 0.1) is 23.0 Å². The summed E-state index contributed by atoms with van der Waals surface area (Å²) in [6, 6.07) is 3.99. The Kier molecular flexibility index (Phi) is 5.74. The Morgan fingerprint density at radius 2 is 1.86 bits per heavy atom. The number of rotatable bonds is 6. The number of benzene rings is 1. The van der Waals surface area contributed by atoms with Gasteiger partial charge in [0.1, 0.15) is 11.6 Å². The summed E-state index contributed by atoms with van der Waals surface area (Å²) >= 11 is 0. The van der Waals surface area contributed by atoms with Gasteiger partial charge in [0.25, 0.3) is 0 Å². The van der Waals surface area contributed by atoms with E-state index in [1.807, 2.05) is 0 Å². The van der Waals surface area contributed by atoms with Crippen molar-refractivity contribution in [3.63, 3.8) is 0 Å². The van der Waals surface area contributed by atoms with Gasteiger partial charge in [-0.3, -0.25) is 0 Å². The van der Waals surface area contributed by atoms with Gasteiger partial charge in [-0.05, 0) is 48.8 Å². The van der Waals surface area contributed by atoms with Crippen LogP contribution in [0.4, 0.5) is 8.78 Å². The Morgan fingerprint density at radius 3 is 2.48 bits per heavy atom. The van der Waals surface area contributed by atoms with E-state index in [9.17, 15) is 8.78 Å². The van der Waals surface area contributed by atoms with Crippen LogP contribution in [0.5, 0.6) is 0 Å². The van der Waals surface area contributed by atoms with E-state index in [2.05, 4.69) is 19.2 Å². The number of nitrogens with one attached hydrogen (secondary N) is 1. The van der Waals surface area contributed by atoms with Crippen LogP contribution < -0.4 is 5.32 Å². The fourth-order valence-corrected chi connectivity index (χ4v) is 3.41. The number of hydrogen-bond donors (Lipinski definition) is 1. The molecule has 1 aliphatic rings. The van der Waals surface area contributed by atoms with Gasteiger partial charge < -0.3 is 5.32 Å². The molecular formula is C18H27F2N. The minimum Gasteiger partial charge on any atom is -0.316 e. The van der Waals surface area contributed by atoms with Gasteiger partial charge in [0, 0.05) is 12.6 Å². The summed E-state index contributed by atoms with van der Waals surface area (Å²) in [5, 5.41) is 3.55. The van der Waals surface area contributed by atoms with Crippen LogP contribution in [0.15, 0.2) is 18.2 Å². The maximum atomic E-state index is 14.0. The molecule has 1 nitrogen and oxygen atoms in total. The van der Waals surface area contributed by atoms with Gasteiger partial charge in [0.05, 0.1) is 0 Å². The lowest BCUT2D eigenvalue weighted by atomic mass is 9.70. The molecular weight excluding hydrogens is 268 g/mol. The van der Waals surface area contributed by atoms with Gasteiger partial charge in [-0.2, -0.15) is 0 Å². The zero-order chi connectivity index (χ0) is 15.3. The van der Waals surface area contributed by atoms with Crippen LogP contribution in [-0.2, 0) is 6.42 Å². The quantitative estimate of drug-likeness (QED) is 0.802. The summed E-state index contributed by atoms with van der Waals surface area (Å²) in [7, 11) is 0. The maximum Gasteiger partial charge on any atom is 0.129 e. The highest BCUT2D eigenvalue weighted by Gasteiger charge is 2.32. The fraction of sp³-hybridized carbons (Fsp3) is 0.667. The molecule has 3 heteroatoms. The van der Waals surface area contributed by atoms with E-state index in [4.69, 9.17) is 0 Å². The van der Waals surface area contributed by atoms with Crippen molar-refractivity contribution in [3.8, 4) is 0 Å². The van der Waals surface area contributed by atoms with Crippen molar-refractivity contribution in [1.82, 2.24) is 5.32 Å². The van der Waals surface area contributed by atoms with Crippen molar-refractivity contribution in [2.45, 2.75) is 52.4 Å². The second-order valence-corrected chi connectivity index (χ2v) is 7.00. The lowest BCUT2D eigenvalue weighted by Crippen LogP contribution is -2.39. The average Bonchev–Trinajstić information content (AvgIpc) is 2.43. The van der Waals surface area contributed by atoms with Crippen LogP contribution in [0.1, 0.15) is 51.5 Å². The molecule has 2 rings (SSSR count). The first-order chi connectivity index (χ1) is 10.0. The average molecular weight is 295 g/mol. The Hall–Kier alpha value is -0.960. The molecule has 0 atom stereocenters. The van der Waals surface area contributed by atoms with Crippen LogP contribution in [-0.4, -0.2) is 13.1 Å². The summed E-state index contributed by atoms with van der Waals surface area (Å²) in [6.07, 6.45) is 6.68. The third-order valence-electron chi connectivity index (χ3n) is 4.55. The SMILES string of the molecule is CC(C)CNCC1(Cc2ccc(F)cc2F)CCCCC1. The van der Waals surface area contributed by atoms with Crippen molar-refractivity contribution < 1.29 is 8.78 Å². The monoisotopic (exact) mass is 295 g/mol. The minimum atomic E-state index is -0.494. The fourth-order valence-electron chi connectivity index (χ4n) is 3.41. The van der Waals surface area contributed by atoms with Crippen molar-refractivity contribution in [2.75, 3.05) is 13.1 Å². The van der Waals surface area contributed by atoms with Crippen molar-refractivity contribution in [3.05, 3.63) is 35.4 Å². The lowest BCUT2D eigenvalue weighted by molar-refractivity contribution is 0.177. The lowest BCUT2D eigenvalue weighted by Gasteiger charge is -2.38. The molecule has 0 spiro atoms. The van der Waals surface area contributed by atoms with Crippen molar-refractivity contribution in [1.29, 1.82) is 0 Å². The van der Waals surface area contributed by atoms with E-state index in [0.29, 0.717) is 17.9 Å². The van der Waals surface area contributed by atoms with E-state index in [0.717, 1.165) is 32.0 Å². The van der Waals surface area contributed by atoms with Crippen molar-refractivity contribution >= 4 is 0 Å². The molecule has 0 amide bonds. The summed E-state index contributed by atoms with van der Waals surface area (Å²) in [5.74, 6) is -0.274. The topological polar surface area (TPSA) is 12.0 Å². The van der Waals surface area contributed by atoms with Crippen LogP contribution in [0.3, 0.4) is 0 Å². The number of halogens is 2. The summed E-state index contributed by atoms with van der Waals surface area (Å²) in [6.45, 7) is 6.32. The van der Waals surface area contributed by atoms with E-state index >= 15 is 0 Å². The first kappa shape index (κ1) is 16.4. The second kappa shape index (κ2) is 7.35. The van der Waals surface area contributed by atoms with E-state index < -0.39 is 11.6 Å². The van der Waals surface area contributed by atoms with Gasteiger partial charge in [-0.25, -0.2) is 8.78 Å². The first-order valence-corrected chi connectivity index (χ1v) is 8.15. The van der Waals surface area contributed by atoms with Gasteiger partial charge in [0.2, 0.25) is 0 Å². The molecule has 0 saturated heterocycles. The first-order valence-electron chi connectivity index (χ1n) is 8.15. The molecule has 1 aliphatic carbocycles. The summed E-state index contributed by atoms with van der Waals surface area (Å²) < 4.78 is 27.0. The largest absolute Gasteiger partial charge is 0.316 e. The molecule has 1 N–H and O–H groups in total. The molecule has 1 aromatic rings. The standard InChI is InChI=1S/C18H27F2N/c1-14(2)12-21-13-18(8-4-3-5-9-18)11-15-6-7-16(19)10-17(15)20/h6-7,10,14,21H,3-5,8-9,11-13H2,1-2H3. The third kappa shape index (κ3) is 4.77. The van der Waals surface area contributed by atoms with Crippen LogP contribution in [0.2, 0.25) is 0 Å². The molecule has 1 saturated carbocycles. The Balaban J connectivity index is 2.08. The molecule has 0 radical (unpaired) electrons. The highest BCUT2D eigenvalue weighted by atomic mass is 19.1. The molecule has 0 heterocycles. The zero-order valence-electron chi connectivity index (χ0n) is 13.2. The second-order valence-electron chi connectivity index (χ2n) is 7.00. The Morgan fingerprint density at radius 1 is 1.14 bits per heavy atom. The van der Waals surface area contributed by atoms with Crippen molar-refractivity contribution in [2.24, 2.45) is 11.3 Å². The molecule has 21 heavy (non-hydrogen) atoms. The minimum absolute atomic E-state index is 0.131. The van der Waals surface area contributed by atoms with E-state index in [1.165, 1.54) is 25.3 Å². The summed E-state index contributed by atoms with van der Waals surface area (Å²) in [4.78, 5) is 0. The van der Waals surface area contributed by atoms with Gasteiger partial charge >= 0.3 is 0 Å². The van der Waals surface area contributed by atoms with E-state index in [1.54, 1.807) is 6.07 Å². The van der Waals surface area contributed by atoms with Gasteiger partial charge in [0.15, 0.2) is 0 Å². The molecule has 1 aromatic carbocycles. The highest BCUT2D eigenvalue weighted by molar-refractivity contribution is 5.20. The van der Waals surface area contributed by atoms with E-state index in [-0.39, 0.29) is 5.41 Å². The Bertz CT molecular complexity index is 451. The molecule has 0 bridgehead atoms. The van der Waals surface area contributed by atoms with Gasteiger partial charge in [-0.1, -0.05) is 39.2 Å². The highest BCUT2D eigenvalue weighted by Crippen LogP contribution is 2.39. The van der Waals surface area contributed by atoms with Gasteiger partial charge in [-0.15, -0.1) is 0 Å².